The Labute approximate surface area is 84.8 Å². The fourth-order valence-electron chi connectivity index (χ4n) is 1.08. The third kappa shape index (κ3) is 3.77. The molecule has 3 nitrogen and oxygen atoms in total. The van der Waals surface area contributed by atoms with Crippen molar-refractivity contribution in [3.05, 3.63) is 29.8 Å². The van der Waals surface area contributed by atoms with Gasteiger partial charge in [-0.2, -0.15) is 0 Å². The summed E-state index contributed by atoms with van der Waals surface area (Å²) in [6, 6.07) is 4.99. The van der Waals surface area contributed by atoms with Crippen LogP contribution in [0, 0.1) is 0 Å². The number of alkyl halides is 3. The molecule has 15 heavy (non-hydrogen) atoms. The van der Waals surface area contributed by atoms with Crippen LogP contribution in [-0.4, -0.2) is 12.9 Å². The van der Waals surface area contributed by atoms with Gasteiger partial charge in [-0.3, -0.25) is 0 Å². The highest BCUT2D eigenvalue weighted by molar-refractivity contribution is 5.30. The Morgan fingerprint density at radius 2 is 2.00 bits per heavy atom. The summed E-state index contributed by atoms with van der Waals surface area (Å²) >= 11 is 0. The molecule has 0 aromatic heterocycles. The van der Waals surface area contributed by atoms with Crippen LogP contribution in [0.2, 0.25) is 0 Å². The molecule has 0 aliphatic carbocycles. The van der Waals surface area contributed by atoms with Gasteiger partial charge in [0.1, 0.15) is 5.75 Å². The fourth-order valence-corrected chi connectivity index (χ4v) is 1.08. The molecule has 0 spiro atoms. The van der Waals surface area contributed by atoms with Gasteiger partial charge < -0.3 is 16.2 Å². The maximum atomic E-state index is 11.9. The van der Waals surface area contributed by atoms with Crippen LogP contribution in [0.1, 0.15) is 11.6 Å². The normalized spacial score (nSPS) is 13.7. The van der Waals surface area contributed by atoms with E-state index in [-0.39, 0.29) is 12.3 Å². The van der Waals surface area contributed by atoms with E-state index in [1.165, 1.54) is 18.2 Å². The maximum Gasteiger partial charge on any atom is 0.573 e. The molecule has 0 saturated carbocycles. The van der Waals surface area contributed by atoms with Crippen molar-refractivity contribution in [2.24, 2.45) is 11.5 Å². The van der Waals surface area contributed by atoms with Crippen molar-refractivity contribution in [1.29, 1.82) is 0 Å². The highest BCUT2D eigenvalue weighted by Gasteiger charge is 2.31. The van der Waals surface area contributed by atoms with Gasteiger partial charge in [0.25, 0.3) is 0 Å². The van der Waals surface area contributed by atoms with Gasteiger partial charge in [0.15, 0.2) is 0 Å². The van der Waals surface area contributed by atoms with Crippen molar-refractivity contribution in [3.63, 3.8) is 0 Å². The Morgan fingerprint density at radius 1 is 1.33 bits per heavy atom. The highest BCUT2D eigenvalue weighted by Crippen LogP contribution is 2.24. The first kappa shape index (κ1) is 11.8. The lowest BCUT2D eigenvalue weighted by Crippen LogP contribution is -2.21. The Kier molecular flexibility index (Phi) is 3.54. The zero-order valence-corrected chi connectivity index (χ0v) is 7.79. The molecule has 0 unspecified atom stereocenters. The molecule has 0 radical (unpaired) electrons. The van der Waals surface area contributed by atoms with E-state index in [1.54, 1.807) is 6.07 Å². The Bertz CT molecular complexity index is 327. The van der Waals surface area contributed by atoms with Crippen LogP contribution < -0.4 is 16.2 Å². The third-order valence-electron chi connectivity index (χ3n) is 1.77. The number of halogens is 3. The van der Waals surface area contributed by atoms with Crippen LogP contribution in [0.15, 0.2) is 24.3 Å². The van der Waals surface area contributed by atoms with E-state index in [2.05, 4.69) is 4.74 Å². The first-order valence-electron chi connectivity index (χ1n) is 4.24. The monoisotopic (exact) mass is 220 g/mol. The minimum absolute atomic E-state index is 0.162. The summed E-state index contributed by atoms with van der Waals surface area (Å²) < 4.78 is 39.4. The number of rotatable bonds is 3. The number of nitrogens with two attached hydrogens (primary N) is 2. The van der Waals surface area contributed by atoms with Crippen molar-refractivity contribution in [2.75, 3.05) is 6.54 Å². The molecule has 6 heteroatoms. The SMILES string of the molecule is NC[C@@H](N)c1cccc(OC(F)(F)F)c1. The van der Waals surface area contributed by atoms with Gasteiger partial charge in [-0.05, 0) is 17.7 Å². The van der Waals surface area contributed by atoms with Crippen molar-refractivity contribution in [1.82, 2.24) is 0 Å². The van der Waals surface area contributed by atoms with E-state index in [9.17, 15) is 13.2 Å². The summed E-state index contributed by atoms with van der Waals surface area (Å²) in [6.45, 7) is 0.162. The van der Waals surface area contributed by atoms with E-state index in [0.717, 1.165) is 0 Å². The Balaban J connectivity index is 2.83. The molecule has 1 atom stereocenters. The first-order valence-corrected chi connectivity index (χ1v) is 4.24. The molecule has 0 aliphatic rings. The zero-order chi connectivity index (χ0) is 11.5. The molecule has 0 amide bonds. The molecule has 0 aliphatic heterocycles. The largest absolute Gasteiger partial charge is 0.573 e. The van der Waals surface area contributed by atoms with E-state index >= 15 is 0 Å². The number of benzene rings is 1. The summed E-state index contributed by atoms with van der Waals surface area (Å²) in [4.78, 5) is 0. The van der Waals surface area contributed by atoms with Crippen LogP contribution in [-0.2, 0) is 0 Å². The summed E-state index contributed by atoms with van der Waals surface area (Å²) in [5.74, 6) is -0.288. The Hall–Kier alpha value is -1.27. The number of hydrogen-bond acceptors (Lipinski definition) is 3. The van der Waals surface area contributed by atoms with Crippen molar-refractivity contribution >= 4 is 0 Å². The molecule has 0 bridgehead atoms. The minimum Gasteiger partial charge on any atom is -0.406 e. The second kappa shape index (κ2) is 4.50. The molecule has 1 aromatic rings. The number of hydrogen-bond donors (Lipinski definition) is 2. The highest BCUT2D eigenvalue weighted by atomic mass is 19.4. The maximum absolute atomic E-state index is 11.9. The predicted octanol–water partition coefficient (Wildman–Crippen LogP) is 1.54. The summed E-state index contributed by atoms with van der Waals surface area (Å²) in [5, 5.41) is 0. The second-order valence-electron chi connectivity index (χ2n) is 2.96. The van der Waals surface area contributed by atoms with Gasteiger partial charge in [0.05, 0.1) is 0 Å². The van der Waals surface area contributed by atoms with Gasteiger partial charge in [0.2, 0.25) is 0 Å². The van der Waals surface area contributed by atoms with Crippen molar-refractivity contribution in [2.45, 2.75) is 12.4 Å². The molecule has 0 fully saturated rings. The fraction of sp³-hybridized carbons (Fsp3) is 0.333. The van der Waals surface area contributed by atoms with E-state index < -0.39 is 12.4 Å². The lowest BCUT2D eigenvalue weighted by atomic mass is 10.1. The van der Waals surface area contributed by atoms with Crippen LogP contribution >= 0.6 is 0 Å². The van der Waals surface area contributed by atoms with E-state index in [1.807, 2.05) is 0 Å². The van der Waals surface area contributed by atoms with Crippen LogP contribution in [0.25, 0.3) is 0 Å². The first-order chi connectivity index (χ1) is 6.92. The van der Waals surface area contributed by atoms with Gasteiger partial charge in [-0.1, -0.05) is 12.1 Å². The van der Waals surface area contributed by atoms with Crippen LogP contribution in [0.3, 0.4) is 0 Å². The molecule has 0 saturated heterocycles. The molecule has 1 rings (SSSR count). The molecular weight excluding hydrogens is 209 g/mol. The van der Waals surface area contributed by atoms with Crippen LogP contribution in [0.5, 0.6) is 5.75 Å². The summed E-state index contributed by atoms with van der Waals surface area (Å²) in [7, 11) is 0. The standard InChI is InChI=1S/C9H11F3N2O/c10-9(11,12)15-7-3-1-2-6(4-7)8(14)5-13/h1-4,8H,5,13-14H2/t8-/m1/s1. The molecular formula is C9H11F3N2O. The van der Waals surface area contributed by atoms with Gasteiger partial charge in [0, 0.05) is 12.6 Å². The quantitative estimate of drug-likeness (QED) is 0.812. The van der Waals surface area contributed by atoms with Crippen LogP contribution in [0.4, 0.5) is 13.2 Å². The third-order valence-corrected chi connectivity index (χ3v) is 1.77. The smallest absolute Gasteiger partial charge is 0.406 e. The Morgan fingerprint density at radius 3 is 2.53 bits per heavy atom. The lowest BCUT2D eigenvalue weighted by Gasteiger charge is -2.12. The molecule has 1 aromatic carbocycles. The minimum atomic E-state index is -4.69. The van der Waals surface area contributed by atoms with Gasteiger partial charge in [-0.15, -0.1) is 13.2 Å². The molecule has 84 valence electrons. The molecule has 0 heterocycles. The van der Waals surface area contributed by atoms with Crippen molar-refractivity contribution < 1.29 is 17.9 Å². The summed E-state index contributed by atoms with van der Waals surface area (Å²) in [6.07, 6.45) is -4.69. The van der Waals surface area contributed by atoms with Gasteiger partial charge in [-0.25, -0.2) is 0 Å². The average molecular weight is 220 g/mol. The number of ether oxygens (including phenoxy) is 1. The lowest BCUT2D eigenvalue weighted by molar-refractivity contribution is -0.274. The average Bonchev–Trinajstić information content (AvgIpc) is 2.14. The predicted molar refractivity (Wildman–Crippen MR) is 49.1 cm³/mol. The van der Waals surface area contributed by atoms with Crippen molar-refractivity contribution in [3.8, 4) is 5.75 Å². The summed E-state index contributed by atoms with van der Waals surface area (Å²) in [5.41, 5.74) is 11.4. The molecule has 4 N–H and O–H groups in total. The second-order valence-corrected chi connectivity index (χ2v) is 2.96. The van der Waals surface area contributed by atoms with Gasteiger partial charge >= 0.3 is 6.36 Å². The van der Waals surface area contributed by atoms with E-state index in [0.29, 0.717) is 5.56 Å². The van der Waals surface area contributed by atoms with E-state index in [4.69, 9.17) is 11.5 Å². The topological polar surface area (TPSA) is 61.3 Å². The zero-order valence-electron chi connectivity index (χ0n) is 7.79.